The van der Waals surface area contributed by atoms with Crippen LogP contribution in [0.3, 0.4) is 0 Å². The SMILES string of the molecule is CC(C)n1ncnc1CC(NN)c1ccccc1Cl. The molecule has 0 saturated heterocycles. The van der Waals surface area contributed by atoms with E-state index in [1.54, 1.807) is 6.33 Å². The molecule has 0 saturated carbocycles. The van der Waals surface area contributed by atoms with E-state index in [-0.39, 0.29) is 12.1 Å². The molecule has 0 spiro atoms. The first-order valence-electron chi connectivity index (χ1n) is 6.22. The Labute approximate surface area is 117 Å². The van der Waals surface area contributed by atoms with Crippen molar-refractivity contribution < 1.29 is 0 Å². The molecule has 6 heteroatoms. The van der Waals surface area contributed by atoms with E-state index in [1.165, 1.54) is 0 Å². The highest BCUT2D eigenvalue weighted by atomic mass is 35.5. The van der Waals surface area contributed by atoms with Gasteiger partial charge in [0.05, 0.1) is 6.04 Å². The number of nitrogens with two attached hydrogens (primary N) is 1. The number of hydrogen-bond acceptors (Lipinski definition) is 4. The summed E-state index contributed by atoms with van der Waals surface area (Å²) in [5.41, 5.74) is 3.76. The molecule has 0 amide bonds. The van der Waals surface area contributed by atoms with E-state index in [0.717, 1.165) is 11.4 Å². The van der Waals surface area contributed by atoms with E-state index in [0.29, 0.717) is 11.4 Å². The summed E-state index contributed by atoms with van der Waals surface area (Å²) in [6.45, 7) is 4.14. The highest BCUT2D eigenvalue weighted by Gasteiger charge is 2.17. The van der Waals surface area contributed by atoms with Crippen LogP contribution in [0.15, 0.2) is 30.6 Å². The zero-order valence-corrected chi connectivity index (χ0v) is 11.8. The monoisotopic (exact) mass is 279 g/mol. The molecule has 1 aromatic carbocycles. The maximum atomic E-state index is 6.20. The fourth-order valence-corrected chi connectivity index (χ4v) is 2.32. The molecule has 0 fully saturated rings. The third-order valence-electron chi connectivity index (χ3n) is 3.00. The van der Waals surface area contributed by atoms with Crippen LogP contribution < -0.4 is 11.3 Å². The topological polar surface area (TPSA) is 68.8 Å². The third kappa shape index (κ3) is 3.12. The van der Waals surface area contributed by atoms with E-state index in [2.05, 4.69) is 29.4 Å². The molecule has 5 nitrogen and oxygen atoms in total. The minimum atomic E-state index is -0.0876. The molecule has 1 heterocycles. The van der Waals surface area contributed by atoms with Gasteiger partial charge in [-0.2, -0.15) is 5.10 Å². The summed E-state index contributed by atoms with van der Waals surface area (Å²) in [5.74, 6) is 6.54. The molecule has 0 aliphatic heterocycles. The standard InChI is InChI=1S/C13H18ClN5/c1-9(2)19-13(16-8-17-19)7-12(18-15)10-5-3-4-6-11(10)14/h3-6,8-9,12,18H,7,15H2,1-2H3. The smallest absolute Gasteiger partial charge is 0.138 e. The van der Waals surface area contributed by atoms with Crippen LogP contribution in [0.5, 0.6) is 0 Å². The summed E-state index contributed by atoms with van der Waals surface area (Å²) in [6, 6.07) is 7.84. The highest BCUT2D eigenvalue weighted by molar-refractivity contribution is 6.31. The lowest BCUT2D eigenvalue weighted by Crippen LogP contribution is -2.30. The molecule has 1 aromatic heterocycles. The van der Waals surface area contributed by atoms with E-state index >= 15 is 0 Å². The molecule has 0 bridgehead atoms. The van der Waals surface area contributed by atoms with Crippen LogP contribution in [0.1, 0.15) is 37.3 Å². The Kier molecular flexibility index (Phi) is 4.52. The summed E-state index contributed by atoms with van der Waals surface area (Å²) in [6.07, 6.45) is 2.20. The van der Waals surface area contributed by atoms with Crippen molar-refractivity contribution in [2.45, 2.75) is 32.4 Å². The molecule has 0 radical (unpaired) electrons. The van der Waals surface area contributed by atoms with Gasteiger partial charge in [-0.15, -0.1) is 0 Å². The lowest BCUT2D eigenvalue weighted by atomic mass is 10.0. The number of hydrogen-bond donors (Lipinski definition) is 2. The van der Waals surface area contributed by atoms with E-state index < -0.39 is 0 Å². The maximum Gasteiger partial charge on any atom is 0.138 e. The molecule has 19 heavy (non-hydrogen) atoms. The zero-order valence-electron chi connectivity index (χ0n) is 11.0. The van der Waals surface area contributed by atoms with E-state index in [1.807, 2.05) is 28.9 Å². The Hall–Kier alpha value is -1.43. The minimum Gasteiger partial charge on any atom is -0.271 e. The fourth-order valence-electron chi connectivity index (χ4n) is 2.05. The van der Waals surface area contributed by atoms with Gasteiger partial charge in [-0.1, -0.05) is 29.8 Å². The number of aromatic nitrogens is 3. The Balaban J connectivity index is 2.25. The number of benzene rings is 1. The van der Waals surface area contributed by atoms with Gasteiger partial charge < -0.3 is 0 Å². The summed E-state index contributed by atoms with van der Waals surface area (Å²) < 4.78 is 1.89. The van der Waals surface area contributed by atoms with Gasteiger partial charge in [0, 0.05) is 17.5 Å². The second-order valence-electron chi connectivity index (χ2n) is 4.66. The lowest BCUT2D eigenvalue weighted by Gasteiger charge is -2.18. The Bertz CT molecular complexity index is 537. The van der Waals surface area contributed by atoms with Crippen molar-refractivity contribution >= 4 is 11.6 Å². The fraction of sp³-hybridized carbons (Fsp3) is 0.385. The van der Waals surface area contributed by atoms with Gasteiger partial charge in [0.2, 0.25) is 0 Å². The third-order valence-corrected chi connectivity index (χ3v) is 3.35. The Morgan fingerprint density at radius 3 is 2.74 bits per heavy atom. The average Bonchev–Trinajstić information content (AvgIpc) is 2.85. The van der Waals surface area contributed by atoms with Crippen molar-refractivity contribution in [3.8, 4) is 0 Å². The van der Waals surface area contributed by atoms with Gasteiger partial charge >= 0.3 is 0 Å². The van der Waals surface area contributed by atoms with Crippen LogP contribution in [-0.4, -0.2) is 14.8 Å². The first-order chi connectivity index (χ1) is 9.13. The predicted molar refractivity (Wildman–Crippen MR) is 75.6 cm³/mol. The number of nitrogens with one attached hydrogen (secondary N) is 1. The van der Waals surface area contributed by atoms with Gasteiger partial charge in [0.15, 0.2) is 0 Å². The number of nitrogens with zero attached hydrogens (tertiary/aromatic N) is 3. The molecule has 1 atom stereocenters. The van der Waals surface area contributed by atoms with Gasteiger partial charge in [-0.25, -0.2) is 9.67 Å². The number of halogens is 1. The molecular formula is C13H18ClN5. The van der Waals surface area contributed by atoms with Crippen molar-refractivity contribution in [1.82, 2.24) is 20.2 Å². The molecule has 2 aromatic rings. The Morgan fingerprint density at radius 1 is 1.37 bits per heavy atom. The molecule has 2 rings (SSSR count). The molecule has 0 aliphatic carbocycles. The van der Waals surface area contributed by atoms with Crippen molar-refractivity contribution in [2.24, 2.45) is 5.84 Å². The lowest BCUT2D eigenvalue weighted by molar-refractivity contribution is 0.468. The largest absolute Gasteiger partial charge is 0.271 e. The summed E-state index contributed by atoms with van der Waals surface area (Å²) >= 11 is 6.20. The normalized spacial score (nSPS) is 12.9. The summed E-state index contributed by atoms with van der Waals surface area (Å²) in [5, 5.41) is 4.92. The minimum absolute atomic E-state index is 0.0876. The van der Waals surface area contributed by atoms with Crippen LogP contribution in [0.2, 0.25) is 5.02 Å². The second-order valence-corrected chi connectivity index (χ2v) is 5.07. The van der Waals surface area contributed by atoms with Gasteiger partial charge in [0.25, 0.3) is 0 Å². The van der Waals surface area contributed by atoms with Gasteiger partial charge in [-0.05, 0) is 25.5 Å². The molecular weight excluding hydrogens is 262 g/mol. The Morgan fingerprint density at radius 2 is 2.11 bits per heavy atom. The van der Waals surface area contributed by atoms with E-state index in [4.69, 9.17) is 17.4 Å². The van der Waals surface area contributed by atoms with Crippen LogP contribution in [0.25, 0.3) is 0 Å². The molecule has 0 aliphatic rings. The quantitative estimate of drug-likeness (QED) is 0.651. The average molecular weight is 280 g/mol. The molecule has 3 N–H and O–H groups in total. The predicted octanol–water partition coefficient (Wildman–Crippen LogP) is 2.26. The second kappa shape index (κ2) is 6.14. The van der Waals surface area contributed by atoms with Crippen LogP contribution in [-0.2, 0) is 6.42 Å². The summed E-state index contributed by atoms with van der Waals surface area (Å²) in [7, 11) is 0. The van der Waals surface area contributed by atoms with Crippen LogP contribution in [0, 0.1) is 0 Å². The van der Waals surface area contributed by atoms with Gasteiger partial charge in [0.1, 0.15) is 12.2 Å². The van der Waals surface area contributed by atoms with Crippen LogP contribution in [0.4, 0.5) is 0 Å². The van der Waals surface area contributed by atoms with E-state index in [9.17, 15) is 0 Å². The first kappa shape index (κ1) is 14.0. The zero-order chi connectivity index (χ0) is 13.8. The molecule has 102 valence electrons. The van der Waals surface area contributed by atoms with Crippen molar-refractivity contribution in [3.63, 3.8) is 0 Å². The van der Waals surface area contributed by atoms with Crippen molar-refractivity contribution in [3.05, 3.63) is 47.0 Å². The van der Waals surface area contributed by atoms with Crippen molar-refractivity contribution in [1.29, 1.82) is 0 Å². The molecule has 1 unspecified atom stereocenters. The first-order valence-corrected chi connectivity index (χ1v) is 6.60. The van der Waals surface area contributed by atoms with Crippen molar-refractivity contribution in [2.75, 3.05) is 0 Å². The maximum absolute atomic E-state index is 6.20. The highest BCUT2D eigenvalue weighted by Crippen LogP contribution is 2.24. The number of hydrazine groups is 1. The number of rotatable bonds is 5. The summed E-state index contributed by atoms with van der Waals surface area (Å²) in [4.78, 5) is 4.29. The van der Waals surface area contributed by atoms with Crippen LogP contribution >= 0.6 is 11.6 Å². The van der Waals surface area contributed by atoms with Gasteiger partial charge in [-0.3, -0.25) is 11.3 Å².